The minimum atomic E-state index is -0.631. The van der Waals surface area contributed by atoms with E-state index in [1.54, 1.807) is 0 Å². The number of anilines is 1. The predicted octanol–water partition coefficient (Wildman–Crippen LogP) is 1.37. The Balaban J connectivity index is 2.10. The van der Waals surface area contributed by atoms with Crippen molar-refractivity contribution in [2.45, 2.75) is 26.3 Å². The summed E-state index contributed by atoms with van der Waals surface area (Å²) in [4.78, 5) is 33.6. The fraction of sp³-hybridized carbons (Fsp3) is 0.333. The molecule has 1 amide bonds. The number of hydrogen-bond donors (Lipinski definition) is 1. The lowest BCUT2D eigenvalue weighted by Gasteiger charge is -2.04. The van der Waals surface area contributed by atoms with E-state index < -0.39 is 16.4 Å². The van der Waals surface area contributed by atoms with Gasteiger partial charge in [0.15, 0.2) is 0 Å². The van der Waals surface area contributed by atoms with Crippen molar-refractivity contribution < 1.29 is 9.72 Å². The van der Waals surface area contributed by atoms with Gasteiger partial charge in [0, 0.05) is 18.1 Å². The highest BCUT2D eigenvalue weighted by Gasteiger charge is 2.13. The Labute approximate surface area is 128 Å². The Hall–Kier alpha value is -2.62. The number of amides is 1. The number of carbonyl (C=O) groups is 1. The summed E-state index contributed by atoms with van der Waals surface area (Å²) in [7, 11) is 0. The second-order valence-corrected chi connectivity index (χ2v) is 5.77. The summed E-state index contributed by atoms with van der Waals surface area (Å²) in [5.41, 5.74) is -0.758. The average molecular weight is 323 g/mol. The number of hydrogen-bond acceptors (Lipinski definition) is 7. The van der Waals surface area contributed by atoms with E-state index in [1.807, 2.05) is 13.8 Å². The molecule has 2 aromatic heterocycles. The van der Waals surface area contributed by atoms with Crippen LogP contribution in [0, 0.1) is 10.1 Å². The molecule has 2 aromatic rings. The fourth-order valence-corrected chi connectivity index (χ4v) is 2.34. The molecule has 10 heteroatoms. The lowest BCUT2D eigenvalue weighted by molar-refractivity contribution is -0.385. The minimum absolute atomic E-state index is 0.197. The topological polar surface area (TPSA) is 120 Å². The zero-order chi connectivity index (χ0) is 16.3. The number of aromatic nitrogens is 3. The molecule has 0 atom stereocenters. The molecule has 0 saturated carbocycles. The van der Waals surface area contributed by atoms with Crippen molar-refractivity contribution in [3.8, 4) is 0 Å². The minimum Gasteiger partial charge on any atom is -0.299 e. The molecule has 0 radical (unpaired) electrons. The first-order chi connectivity index (χ1) is 10.4. The van der Waals surface area contributed by atoms with Gasteiger partial charge in [-0.05, 0) is 0 Å². The van der Waals surface area contributed by atoms with Gasteiger partial charge in [0.2, 0.25) is 11.0 Å². The van der Waals surface area contributed by atoms with E-state index >= 15 is 0 Å². The fourth-order valence-electron chi connectivity index (χ4n) is 1.58. The number of rotatable bonds is 5. The van der Waals surface area contributed by atoms with Crippen LogP contribution in [0.2, 0.25) is 0 Å². The van der Waals surface area contributed by atoms with Crippen LogP contribution in [0.25, 0.3) is 0 Å². The van der Waals surface area contributed by atoms with Gasteiger partial charge in [-0.2, -0.15) is 0 Å². The molecule has 0 saturated heterocycles. The van der Waals surface area contributed by atoms with Crippen molar-refractivity contribution in [1.82, 2.24) is 14.8 Å². The lowest BCUT2D eigenvalue weighted by Crippen LogP contribution is -2.26. The van der Waals surface area contributed by atoms with Crippen molar-refractivity contribution >= 4 is 28.1 Å². The van der Waals surface area contributed by atoms with Crippen molar-refractivity contribution in [2.24, 2.45) is 0 Å². The summed E-state index contributed by atoms with van der Waals surface area (Å²) in [5, 5.41) is 22.1. The zero-order valence-corrected chi connectivity index (χ0v) is 12.7. The monoisotopic (exact) mass is 323 g/mol. The molecule has 2 heterocycles. The Morgan fingerprint density at radius 2 is 2.18 bits per heavy atom. The molecular weight excluding hydrogens is 310 g/mol. The Morgan fingerprint density at radius 1 is 1.45 bits per heavy atom. The molecule has 22 heavy (non-hydrogen) atoms. The standard InChI is InChI=1S/C12H13N5O4S/c1-7(2)11-14-15-12(22-11)13-9(18)6-16-5-8(17(20)21)3-4-10(16)19/h3-5,7H,6H2,1-2H3,(H,13,15,18). The summed E-state index contributed by atoms with van der Waals surface area (Å²) < 4.78 is 0.970. The van der Waals surface area contributed by atoms with E-state index in [1.165, 1.54) is 11.3 Å². The van der Waals surface area contributed by atoms with Crippen LogP contribution in [0.5, 0.6) is 0 Å². The number of nitro groups is 1. The second kappa shape index (κ2) is 6.43. The van der Waals surface area contributed by atoms with Gasteiger partial charge >= 0.3 is 0 Å². The SMILES string of the molecule is CC(C)c1nnc(NC(=O)Cn2cc([N+](=O)[O-])ccc2=O)s1. The molecule has 2 rings (SSSR count). The summed E-state index contributed by atoms with van der Waals surface area (Å²) in [5.74, 6) is -0.309. The van der Waals surface area contributed by atoms with Gasteiger partial charge in [-0.15, -0.1) is 10.2 Å². The van der Waals surface area contributed by atoms with Crippen LogP contribution < -0.4 is 10.9 Å². The van der Waals surface area contributed by atoms with Gasteiger partial charge in [-0.25, -0.2) is 0 Å². The number of pyridine rings is 1. The van der Waals surface area contributed by atoms with Gasteiger partial charge in [-0.3, -0.25) is 29.6 Å². The molecule has 0 bridgehead atoms. The maximum absolute atomic E-state index is 11.9. The maximum Gasteiger partial charge on any atom is 0.285 e. The molecule has 0 fully saturated rings. The van der Waals surface area contributed by atoms with Gasteiger partial charge < -0.3 is 0 Å². The van der Waals surface area contributed by atoms with Gasteiger partial charge in [0.25, 0.3) is 11.2 Å². The van der Waals surface area contributed by atoms with Gasteiger partial charge in [0.1, 0.15) is 11.6 Å². The van der Waals surface area contributed by atoms with Crippen LogP contribution in [-0.4, -0.2) is 25.6 Å². The summed E-state index contributed by atoms with van der Waals surface area (Å²) in [6.07, 6.45) is 1.03. The number of nitrogens with zero attached hydrogens (tertiary/aromatic N) is 4. The molecule has 0 spiro atoms. The first kappa shape index (κ1) is 15.8. The van der Waals surface area contributed by atoms with Gasteiger partial charge in [-0.1, -0.05) is 25.2 Å². The van der Waals surface area contributed by atoms with E-state index in [4.69, 9.17) is 0 Å². The third kappa shape index (κ3) is 3.73. The lowest BCUT2D eigenvalue weighted by atomic mass is 10.2. The third-order valence-electron chi connectivity index (χ3n) is 2.67. The van der Waals surface area contributed by atoms with E-state index in [0.717, 1.165) is 27.9 Å². The highest BCUT2D eigenvalue weighted by atomic mass is 32.1. The van der Waals surface area contributed by atoms with E-state index in [9.17, 15) is 19.7 Å². The van der Waals surface area contributed by atoms with Crippen LogP contribution in [0.4, 0.5) is 10.8 Å². The summed E-state index contributed by atoms with van der Waals surface area (Å²) in [6.45, 7) is 3.57. The predicted molar refractivity (Wildman–Crippen MR) is 80.0 cm³/mol. The van der Waals surface area contributed by atoms with Crippen LogP contribution >= 0.6 is 11.3 Å². The van der Waals surface area contributed by atoms with Gasteiger partial charge in [0.05, 0.1) is 11.1 Å². The van der Waals surface area contributed by atoms with E-state index in [-0.39, 0.29) is 18.2 Å². The quantitative estimate of drug-likeness (QED) is 0.655. The smallest absolute Gasteiger partial charge is 0.285 e. The molecule has 9 nitrogen and oxygen atoms in total. The van der Waals surface area contributed by atoms with Crippen molar-refractivity contribution in [2.75, 3.05) is 5.32 Å². The maximum atomic E-state index is 11.9. The molecule has 0 unspecified atom stereocenters. The molecule has 116 valence electrons. The zero-order valence-electron chi connectivity index (χ0n) is 11.8. The normalized spacial score (nSPS) is 10.7. The van der Waals surface area contributed by atoms with E-state index in [2.05, 4.69) is 15.5 Å². The van der Waals surface area contributed by atoms with Crippen molar-refractivity contribution in [3.63, 3.8) is 0 Å². The van der Waals surface area contributed by atoms with Crippen LogP contribution in [-0.2, 0) is 11.3 Å². The first-order valence-corrected chi connectivity index (χ1v) is 7.16. The first-order valence-electron chi connectivity index (χ1n) is 6.35. The van der Waals surface area contributed by atoms with Crippen molar-refractivity contribution in [1.29, 1.82) is 0 Å². The second-order valence-electron chi connectivity index (χ2n) is 4.76. The summed E-state index contributed by atoms with van der Waals surface area (Å²) in [6, 6.07) is 2.14. The third-order valence-corrected chi connectivity index (χ3v) is 3.81. The molecule has 0 aromatic carbocycles. The molecule has 1 N–H and O–H groups in total. The van der Waals surface area contributed by atoms with E-state index in [0.29, 0.717) is 5.13 Å². The highest BCUT2D eigenvalue weighted by molar-refractivity contribution is 7.15. The highest BCUT2D eigenvalue weighted by Crippen LogP contribution is 2.22. The van der Waals surface area contributed by atoms with Crippen LogP contribution in [0.3, 0.4) is 0 Å². The Morgan fingerprint density at radius 3 is 2.77 bits per heavy atom. The largest absolute Gasteiger partial charge is 0.299 e. The van der Waals surface area contributed by atoms with Crippen LogP contribution in [0.1, 0.15) is 24.8 Å². The molecule has 0 aliphatic rings. The molecular formula is C12H13N5O4S. The number of carbonyl (C=O) groups excluding carboxylic acids is 1. The average Bonchev–Trinajstić information content (AvgIpc) is 2.89. The molecule has 0 aliphatic carbocycles. The summed E-state index contributed by atoms with van der Waals surface area (Å²) >= 11 is 1.24. The Bertz CT molecular complexity index is 767. The molecule has 0 aliphatic heterocycles. The number of nitrogens with one attached hydrogen (secondary N) is 1. The van der Waals surface area contributed by atoms with Crippen molar-refractivity contribution in [3.05, 3.63) is 43.8 Å². The Kier molecular flexibility index (Phi) is 4.61. The van der Waals surface area contributed by atoms with Crippen LogP contribution in [0.15, 0.2) is 23.1 Å².